The van der Waals surface area contributed by atoms with Crippen molar-refractivity contribution in [1.82, 2.24) is 25.5 Å². The molecule has 34 heavy (non-hydrogen) atoms. The zero-order chi connectivity index (χ0) is 23.8. The third-order valence-corrected chi connectivity index (χ3v) is 8.01. The van der Waals surface area contributed by atoms with Crippen LogP contribution in [-0.2, 0) is 16.1 Å². The van der Waals surface area contributed by atoms with Crippen molar-refractivity contribution < 1.29 is 13.9 Å². The molecule has 4 aliphatic rings. The second-order valence-electron chi connectivity index (χ2n) is 10.0. The molecule has 0 aliphatic carbocycles. The van der Waals surface area contributed by atoms with Crippen molar-refractivity contribution in [2.24, 2.45) is 5.92 Å². The Bertz CT molecular complexity index is 1020. The summed E-state index contributed by atoms with van der Waals surface area (Å²) >= 11 is 0. The molecule has 5 heterocycles. The molecule has 8 heteroatoms. The molecular weight excluding hydrogens is 433 g/mol. The third kappa shape index (κ3) is 4.12. The normalized spacial score (nSPS) is 31.4. The van der Waals surface area contributed by atoms with Crippen molar-refractivity contribution in [2.75, 3.05) is 33.3 Å². The second-order valence-corrected chi connectivity index (χ2v) is 10.0. The van der Waals surface area contributed by atoms with Crippen LogP contribution >= 0.6 is 0 Å². The van der Waals surface area contributed by atoms with Crippen molar-refractivity contribution in [3.8, 4) is 11.3 Å². The highest BCUT2D eigenvalue weighted by Crippen LogP contribution is 2.52. The maximum atomic E-state index is 16.5. The van der Waals surface area contributed by atoms with Gasteiger partial charge in [0.15, 0.2) is 0 Å². The molecule has 2 N–H and O–H groups in total. The van der Waals surface area contributed by atoms with Crippen molar-refractivity contribution in [3.05, 3.63) is 47.9 Å². The van der Waals surface area contributed by atoms with E-state index in [0.29, 0.717) is 38.4 Å². The number of ether oxygens (including phenoxy) is 1. The summed E-state index contributed by atoms with van der Waals surface area (Å²) in [6, 6.07) is 9.53. The molecule has 2 unspecified atom stereocenters. The molecular formula is C26H34FN5O2. The van der Waals surface area contributed by atoms with Crippen LogP contribution in [0.4, 0.5) is 4.39 Å². The molecule has 182 valence electrons. The summed E-state index contributed by atoms with van der Waals surface area (Å²) in [6.45, 7) is 5.33. The van der Waals surface area contributed by atoms with Crippen LogP contribution in [-0.4, -0.2) is 65.3 Å². The monoisotopic (exact) mass is 467 g/mol. The Morgan fingerprint density at radius 2 is 1.91 bits per heavy atom. The molecule has 6 rings (SSSR count). The SMILES string of the molecule is COCc1ccc(-c2ccnc(C3N4CCC(F)(CC4)C3(C)NC(=O)C3CCNCC3)n2)cc1. The minimum absolute atomic E-state index is 0.0512. The van der Waals surface area contributed by atoms with E-state index in [9.17, 15) is 4.79 Å². The van der Waals surface area contributed by atoms with E-state index in [-0.39, 0.29) is 11.8 Å². The number of benzene rings is 1. The molecule has 1 aromatic heterocycles. The topological polar surface area (TPSA) is 79.4 Å². The predicted octanol–water partition coefficient (Wildman–Crippen LogP) is 3.02. The number of amides is 1. The molecule has 1 amide bonds. The van der Waals surface area contributed by atoms with Gasteiger partial charge >= 0.3 is 0 Å². The van der Waals surface area contributed by atoms with Crippen LogP contribution < -0.4 is 10.6 Å². The number of halogens is 1. The highest BCUT2D eigenvalue weighted by molar-refractivity contribution is 5.80. The maximum absolute atomic E-state index is 16.5. The number of rotatable bonds is 6. The zero-order valence-corrected chi connectivity index (χ0v) is 20.0. The average Bonchev–Trinajstić information content (AvgIpc) is 2.86. The summed E-state index contributed by atoms with van der Waals surface area (Å²) in [5, 5.41) is 6.48. The summed E-state index contributed by atoms with van der Waals surface area (Å²) in [5.74, 6) is 0.424. The number of fused-ring (bicyclic) bond motifs is 3. The van der Waals surface area contributed by atoms with E-state index >= 15 is 4.39 Å². The fourth-order valence-electron chi connectivity index (χ4n) is 5.91. The molecule has 2 atom stereocenters. The number of hydrogen-bond donors (Lipinski definition) is 2. The van der Waals surface area contributed by atoms with Crippen molar-refractivity contribution >= 4 is 5.91 Å². The minimum atomic E-state index is -1.49. The molecule has 7 nitrogen and oxygen atoms in total. The molecule has 4 aliphatic heterocycles. The molecule has 0 saturated carbocycles. The summed E-state index contributed by atoms with van der Waals surface area (Å²) in [7, 11) is 1.68. The smallest absolute Gasteiger partial charge is 0.223 e. The molecule has 1 aromatic carbocycles. The number of carbonyl (C=O) groups excluding carboxylic acids is 1. The van der Waals surface area contributed by atoms with Gasteiger partial charge in [-0.2, -0.15) is 0 Å². The Morgan fingerprint density at radius 1 is 1.21 bits per heavy atom. The number of methoxy groups -OCH3 is 1. The van der Waals surface area contributed by atoms with Crippen molar-refractivity contribution in [1.29, 1.82) is 0 Å². The van der Waals surface area contributed by atoms with E-state index in [2.05, 4.69) is 20.5 Å². The molecule has 2 bridgehead atoms. The largest absolute Gasteiger partial charge is 0.380 e. The van der Waals surface area contributed by atoms with Crippen LogP contribution in [0.3, 0.4) is 0 Å². The summed E-state index contributed by atoms with van der Waals surface area (Å²) in [5.41, 5.74) is 0.262. The quantitative estimate of drug-likeness (QED) is 0.680. The van der Waals surface area contributed by atoms with Gasteiger partial charge in [-0.05, 0) is 57.3 Å². The Kier molecular flexibility index (Phi) is 6.39. The Balaban J connectivity index is 1.47. The highest BCUT2D eigenvalue weighted by Gasteiger charge is 2.63. The second kappa shape index (κ2) is 9.32. The van der Waals surface area contributed by atoms with Crippen LogP contribution in [0.15, 0.2) is 36.5 Å². The molecule has 4 saturated heterocycles. The third-order valence-electron chi connectivity index (χ3n) is 8.01. The summed E-state index contributed by atoms with van der Waals surface area (Å²) in [4.78, 5) is 25.0. The van der Waals surface area contributed by atoms with Gasteiger partial charge in [0.2, 0.25) is 5.91 Å². The van der Waals surface area contributed by atoms with Gasteiger partial charge in [0.25, 0.3) is 0 Å². The summed E-state index contributed by atoms with van der Waals surface area (Å²) < 4.78 is 21.7. The number of carbonyl (C=O) groups is 1. The number of alkyl halides is 1. The van der Waals surface area contributed by atoms with E-state index in [1.165, 1.54) is 0 Å². The van der Waals surface area contributed by atoms with E-state index in [0.717, 1.165) is 42.8 Å². The van der Waals surface area contributed by atoms with Gasteiger partial charge in [0, 0.05) is 37.9 Å². The first kappa shape index (κ1) is 23.3. The van der Waals surface area contributed by atoms with Crippen molar-refractivity contribution in [3.63, 3.8) is 0 Å². The fourth-order valence-corrected chi connectivity index (χ4v) is 5.91. The van der Waals surface area contributed by atoms with Gasteiger partial charge in [0.05, 0.1) is 23.9 Å². The fraction of sp³-hybridized carbons (Fsp3) is 0.577. The number of aromatic nitrogens is 2. The Hall–Kier alpha value is -2.42. The van der Waals surface area contributed by atoms with Crippen LogP contribution in [0.1, 0.15) is 50.0 Å². The Labute approximate surface area is 200 Å². The average molecular weight is 468 g/mol. The lowest BCUT2D eigenvalue weighted by molar-refractivity contribution is -0.150. The maximum Gasteiger partial charge on any atom is 0.223 e. The summed E-state index contributed by atoms with van der Waals surface area (Å²) in [6.07, 6.45) is 4.12. The van der Waals surface area contributed by atoms with Crippen LogP contribution in [0.2, 0.25) is 0 Å². The first-order valence-electron chi connectivity index (χ1n) is 12.3. The zero-order valence-electron chi connectivity index (χ0n) is 20.0. The Morgan fingerprint density at radius 3 is 2.59 bits per heavy atom. The lowest BCUT2D eigenvalue weighted by Gasteiger charge is -2.60. The van der Waals surface area contributed by atoms with Gasteiger partial charge in [-0.25, -0.2) is 14.4 Å². The number of piperidine rings is 4. The van der Waals surface area contributed by atoms with E-state index in [4.69, 9.17) is 9.72 Å². The van der Waals surface area contributed by atoms with Crippen LogP contribution in [0, 0.1) is 5.92 Å². The van der Waals surface area contributed by atoms with E-state index < -0.39 is 17.2 Å². The van der Waals surface area contributed by atoms with Gasteiger partial charge < -0.3 is 15.4 Å². The standard InChI is InChI=1S/C26H34FN5O2/c1-25(31-24(33)20-7-12-28-13-8-20)22(32-15-10-26(25,27)11-16-32)23-29-14-9-21(30-23)19-5-3-18(4-6-19)17-34-2/h3-6,9,14,20,22,28H,7-8,10-13,15-17H2,1-2H3,(H,31,33). The number of nitrogens with zero attached hydrogens (tertiary/aromatic N) is 3. The number of nitrogens with one attached hydrogen (secondary N) is 2. The first-order chi connectivity index (χ1) is 16.4. The molecule has 4 fully saturated rings. The molecule has 0 spiro atoms. The number of hydrogen-bond acceptors (Lipinski definition) is 6. The van der Waals surface area contributed by atoms with Gasteiger partial charge in [-0.1, -0.05) is 24.3 Å². The minimum Gasteiger partial charge on any atom is -0.380 e. The van der Waals surface area contributed by atoms with Crippen LogP contribution in [0.5, 0.6) is 0 Å². The molecule has 2 aromatic rings. The first-order valence-corrected chi connectivity index (χ1v) is 12.3. The van der Waals surface area contributed by atoms with E-state index in [1.54, 1.807) is 13.3 Å². The highest BCUT2D eigenvalue weighted by atomic mass is 19.1. The van der Waals surface area contributed by atoms with Gasteiger partial charge in [-0.15, -0.1) is 0 Å². The van der Waals surface area contributed by atoms with Crippen molar-refractivity contribution in [2.45, 2.75) is 56.5 Å². The lowest BCUT2D eigenvalue weighted by atomic mass is 9.65. The van der Waals surface area contributed by atoms with E-state index in [1.807, 2.05) is 37.3 Å². The van der Waals surface area contributed by atoms with Gasteiger partial charge in [0.1, 0.15) is 11.5 Å². The lowest BCUT2D eigenvalue weighted by Crippen LogP contribution is -2.74. The predicted molar refractivity (Wildman–Crippen MR) is 128 cm³/mol. The van der Waals surface area contributed by atoms with Crippen LogP contribution in [0.25, 0.3) is 11.3 Å². The van der Waals surface area contributed by atoms with Gasteiger partial charge in [-0.3, -0.25) is 9.69 Å². The molecule has 0 radical (unpaired) electrons.